The molecule has 2 rings (SSSR count). The lowest BCUT2D eigenvalue weighted by Crippen LogP contribution is -2.49. The summed E-state index contributed by atoms with van der Waals surface area (Å²) in [5.74, 6) is -0.157. The standard InChI is InChI=1S/C15H24FN3/c1-15(2)8-9-18(3)12(10-17)11-19(15)14-7-5-4-6-13(14)16/h4-7,12H,8-11,17H2,1-3H3. The van der Waals surface area contributed by atoms with Crippen LogP contribution in [0.5, 0.6) is 0 Å². The number of likely N-dealkylation sites (N-methyl/N-ethyl adjacent to an activating group) is 1. The lowest BCUT2D eigenvalue weighted by molar-refractivity contribution is 0.263. The van der Waals surface area contributed by atoms with E-state index in [0.29, 0.717) is 12.2 Å². The predicted octanol–water partition coefficient (Wildman–Crippen LogP) is 2.07. The summed E-state index contributed by atoms with van der Waals surface area (Å²) in [6.45, 7) is 6.69. The van der Waals surface area contributed by atoms with E-state index >= 15 is 0 Å². The second-order valence-electron chi connectivity index (χ2n) is 5.99. The Bertz CT molecular complexity index is 433. The summed E-state index contributed by atoms with van der Waals surface area (Å²) < 4.78 is 14.1. The smallest absolute Gasteiger partial charge is 0.146 e. The molecule has 1 aliphatic heterocycles. The molecule has 19 heavy (non-hydrogen) atoms. The molecular formula is C15H24FN3. The molecule has 1 atom stereocenters. The monoisotopic (exact) mass is 265 g/mol. The van der Waals surface area contributed by atoms with E-state index in [0.717, 1.165) is 19.5 Å². The van der Waals surface area contributed by atoms with Gasteiger partial charge in [-0.25, -0.2) is 4.39 Å². The highest BCUT2D eigenvalue weighted by Gasteiger charge is 2.34. The first kappa shape index (κ1) is 14.3. The average molecular weight is 265 g/mol. The van der Waals surface area contributed by atoms with E-state index in [2.05, 4.69) is 30.7 Å². The second-order valence-corrected chi connectivity index (χ2v) is 5.99. The van der Waals surface area contributed by atoms with Crippen LogP contribution in [0.3, 0.4) is 0 Å². The molecule has 0 amide bonds. The molecule has 1 fully saturated rings. The van der Waals surface area contributed by atoms with Gasteiger partial charge in [-0.05, 0) is 39.4 Å². The van der Waals surface area contributed by atoms with E-state index < -0.39 is 0 Å². The zero-order valence-corrected chi connectivity index (χ0v) is 12.1. The fourth-order valence-corrected chi connectivity index (χ4v) is 2.71. The van der Waals surface area contributed by atoms with Crippen molar-refractivity contribution in [2.75, 3.05) is 31.6 Å². The number of para-hydroxylation sites is 1. The summed E-state index contributed by atoms with van der Waals surface area (Å²) in [6.07, 6.45) is 0.994. The molecule has 2 N–H and O–H groups in total. The highest BCUT2D eigenvalue weighted by molar-refractivity contribution is 5.50. The SMILES string of the molecule is CN1CCC(C)(C)N(c2ccccc2F)CC1CN. The van der Waals surface area contributed by atoms with E-state index in [9.17, 15) is 4.39 Å². The van der Waals surface area contributed by atoms with Gasteiger partial charge in [0, 0.05) is 31.2 Å². The van der Waals surface area contributed by atoms with Gasteiger partial charge in [0.15, 0.2) is 0 Å². The Morgan fingerprint density at radius 2 is 2.05 bits per heavy atom. The average Bonchev–Trinajstić information content (AvgIpc) is 2.49. The lowest BCUT2D eigenvalue weighted by Gasteiger charge is -2.40. The lowest BCUT2D eigenvalue weighted by atomic mass is 9.97. The van der Waals surface area contributed by atoms with Crippen LogP contribution in [0.1, 0.15) is 20.3 Å². The summed E-state index contributed by atoms with van der Waals surface area (Å²) in [6, 6.07) is 7.27. The van der Waals surface area contributed by atoms with Gasteiger partial charge < -0.3 is 15.5 Å². The fraction of sp³-hybridized carbons (Fsp3) is 0.600. The maximum atomic E-state index is 14.1. The van der Waals surface area contributed by atoms with E-state index in [1.165, 1.54) is 6.07 Å². The third-order valence-corrected chi connectivity index (χ3v) is 4.24. The van der Waals surface area contributed by atoms with E-state index in [4.69, 9.17) is 5.73 Å². The summed E-state index contributed by atoms with van der Waals surface area (Å²) in [5, 5.41) is 0. The second kappa shape index (κ2) is 5.47. The van der Waals surface area contributed by atoms with Gasteiger partial charge in [-0.3, -0.25) is 0 Å². The summed E-state index contributed by atoms with van der Waals surface area (Å²) in [4.78, 5) is 4.45. The molecule has 0 aromatic heterocycles. The van der Waals surface area contributed by atoms with Crippen LogP contribution < -0.4 is 10.6 Å². The zero-order chi connectivity index (χ0) is 14.0. The molecule has 1 aromatic rings. The number of halogens is 1. The molecule has 1 heterocycles. The van der Waals surface area contributed by atoms with Gasteiger partial charge in [-0.1, -0.05) is 12.1 Å². The van der Waals surface area contributed by atoms with Crippen molar-refractivity contribution in [1.29, 1.82) is 0 Å². The van der Waals surface area contributed by atoms with E-state index in [1.54, 1.807) is 6.07 Å². The van der Waals surface area contributed by atoms with Gasteiger partial charge >= 0.3 is 0 Å². The summed E-state index contributed by atoms with van der Waals surface area (Å²) in [5.41, 5.74) is 6.48. The molecule has 1 aromatic carbocycles. The van der Waals surface area contributed by atoms with Gasteiger partial charge in [-0.2, -0.15) is 0 Å². The molecule has 106 valence electrons. The molecule has 0 saturated carbocycles. The van der Waals surface area contributed by atoms with Crippen LogP contribution in [0.15, 0.2) is 24.3 Å². The Labute approximate surface area is 115 Å². The Morgan fingerprint density at radius 1 is 1.37 bits per heavy atom. The molecular weight excluding hydrogens is 241 g/mol. The topological polar surface area (TPSA) is 32.5 Å². The number of rotatable bonds is 2. The minimum absolute atomic E-state index is 0.0691. The first-order valence-electron chi connectivity index (χ1n) is 6.88. The molecule has 3 nitrogen and oxygen atoms in total. The van der Waals surface area contributed by atoms with Gasteiger partial charge in [0.25, 0.3) is 0 Å². The molecule has 0 aliphatic carbocycles. The van der Waals surface area contributed by atoms with Gasteiger partial charge in [0.05, 0.1) is 5.69 Å². The minimum atomic E-state index is -0.157. The Morgan fingerprint density at radius 3 is 2.68 bits per heavy atom. The van der Waals surface area contributed by atoms with E-state index in [1.807, 2.05) is 12.1 Å². The van der Waals surface area contributed by atoms with Crippen LogP contribution in [-0.4, -0.2) is 43.2 Å². The van der Waals surface area contributed by atoms with Gasteiger partial charge in [-0.15, -0.1) is 0 Å². The normalized spacial score (nSPS) is 24.3. The molecule has 1 aliphatic rings. The largest absolute Gasteiger partial charge is 0.362 e. The van der Waals surface area contributed by atoms with Crippen molar-refractivity contribution in [2.24, 2.45) is 5.73 Å². The summed E-state index contributed by atoms with van der Waals surface area (Å²) >= 11 is 0. The number of anilines is 1. The van der Waals surface area contributed by atoms with Crippen LogP contribution >= 0.6 is 0 Å². The van der Waals surface area contributed by atoms with Gasteiger partial charge in [0.1, 0.15) is 5.82 Å². The van der Waals surface area contributed by atoms with Crippen LogP contribution in [0.4, 0.5) is 10.1 Å². The third kappa shape index (κ3) is 2.90. The Hall–Kier alpha value is -1.13. The van der Waals surface area contributed by atoms with Crippen molar-refractivity contribution in [2.45, 2.75) is 31.8 Å². The maximum Gasteiger partial charge on any atom is 0.146 e. The van der Waals surface area contributed by atoms with Crippen molar-refractivity contribution < 1.29 is 4.39 Å². The number of benzene rings is 1. The van der Waals surface area contributed by atoms with Crippen molar-refractivity contribution in [3.05, 3.63) is 30.1 Å². The van der Waals surface area contributed by atoms with Crippen LogP contribution in [0.2, 0.25) is 0 Å². The molecule has 4 heteroatoms. The van der Waals surface area contributed by atoms with Crippen LogP contribution in [-0.2, 0) is 0 Å². The number of hydrogen-bond acceptors (Lipinski definition) is 3. The molecule has 1 unspecified atom stereocenters. The first-order valence-corrected chi connectivity index (χ1v) is 6.88. The maximum absolute atomic E-state index is 14.1. The van der Waals surface area contributed by atoms with Gasteiger partial charge in [0.2, 0.25) is 0 Å². The van der Waals surface area contributed by atoms with Crippen LogP contribution in [0, 0.1) is 5.82 Å². The third-order valence-electron chi connectivity index (χ3n) is 4.24. The molecule has 0 spiro atoms. The number of hydrogen-bond donors (Lipinski definition) is 1. The highest BCUT2D eigenvalue weighted by atomic mass is 19.1. The quantitative estimate of drug-likeness (QED) is 0.888. The van der Waals surface area contributed by atoms with Crippen molar-refractivity contribution in [1.82, 2.24) is 4.90 Å². The number of nitrogens with zero attached hydrogens (tertiary/aromatic N) is 2. The molecule has 1 saturated heterocycles. The Kier molecular flexibility index (Phi) is 4.11. The summed E-state index contributed by atoms with van der Waals surface area (Å²) in [7, 11) is 2.10. The van der Waals surface area contributed by atoms with Crippen LogP contribution in [0.25, 0.3) is 0 Å². The van der Waals surface area contributed by atoms with E-state index in [-0.39, 0.29) is 17.4 Å². The predicted molar refractivity (Wildman–Crippen MR) is 77.9 cm³/mol. The minimum Gasteiger partial charge on any atom is -0.362 e. The zero-order valence-electron chi connectivity index (χ0n) is 12.1. The van der Waals surface area contributed by atoms with Crippen molar-refractivity contribution in [3.63, 3.8) is 0 Å². The first-order chi connectivity index (χ1) is 8.95. The Balaban J connectivity index is 2.37. The molecule has 0 radical (unpaired) electrons. The highest BCUT2D eigenvalue weighted by Crippen LogP contribution is 2.31. The molecule has 0 bridgehead atoms. The van der Waals surface area contributed by atoms with Crippen molar-refractivity contribution >= 4 is 5.69 Å². The van der Waals surface area contributed by atoms with Crippen molar-refractivity contribution in [3.8, 4) is 0 Å². The fourth-order valence-electron chi connectivity index (χ4n) is 2.71. The number of nitrogens with two attached hydrogens (primary N) is 1.